The molecule has 0 aromatic carbocycles. The average molecular weight is 694 g/mol. The van der Waals surface area contributed by atoms with Crippen molar-refractivity contribution in [3.63, 3.8) is 0 Å². The number of rotatable bonds is 11. The molecule has 2 unspecified atom stereocenters. The predicted molar refractivity (Wildman–Crippen MR) is 79.9 cm³/mol. The van der Waals surface area contributed by atoms with Crippen LogP contribution in [-0.2, 0) is 0 Å². The number of hydrogen-bond acceptors (Lipinski definition) is 0. The Hall–Kier alpha value is -1.82. The molecule has 0 amide bonds. The molecule has 42 heavy (non-hydrogen) atoms. The highest BCUT2D eigenvalue weighted by molar-refractivity contribution is 5.14. The van der Waals surface area contributed by atoms with Gasteiger partial charge in [-0.05, 0) is 0 Å². The van der Waals surface area contributed by atoms with Crippen molar-refractivity contribution in [1.82, 2.24) is 0 Å². The first kappa shape index (κ1) is 40.2. The number of alkyl halides is 26. The molecule has 0 aliphatic heterocycles. The van der Waals surface area contributed by atoms with Crippen molar-refractivity contribution in [3.8, 4) is 0 Å². The monoisotopic (exact) mass is 694 g/mol. The van der Waals surface area contributed by atoms with Crippen molar-refractivity contribution in [3.05, 3.63) is 0 Å². The van der Waals surface area contributed by atoms with Gasteiger partial charge in [-0.1, -0.05) is 13.8 Å². The van der Waals surface area contributed by atoms with E-state index in [2.05, 4.69) is 0 Å². The topological polar surface area (TPSA) is 0 Å². The van der Waals surface area contributed by atoms with E-state index in [9.17, 15) is 114 Å². The third-order valence-electron chi connectivity index (χ3n) is 5.81. The second-order valence-corrected chi connectivity index (χ2v) is 8.41. The molecule has 0 N–H and O–H groups in total. The van der Waals surface area contributed by atoms with Crippen LogP contribution in [0.4, 0.5) is 114 Å². The molecular weight excluding hydrogens is 686 g/mol. The quantitative estimate of drug-likeness (QED) is 0.189. The zero-order chi connectivity index (χ0) is 35.2. The van der Waals surface area contributed by atoms with E-state index in [0.717, 1.165) is 0 Å². The molecule has 0 aromatic heterocycles. The molecule has 0 aromatic rings. The van der Waals surface area contributed by atoms with E-state index in [1.165, 1.54) is 0 Å². The van der Waals surface area contributed by atoms with Crippen LogP contribution in [0.25, 0.3) is 0 Å². The predicted octanol–water partition coefficient (Wildman–Crippen LogP) is 9.74. The van der Waals surface area contributed by atoms with E-state index in [0.29, 0.717) is 0 Å². The maximum atomic E-state index is 14.1. The molecule has 0 aliphatic carbocycles. The van der Waals surface area contributed by atoms with Crippen LogP contribution in [0, 0.1) is 11.8 Å². The third kappa shape index (κ3) is 4.86. The van der Waals surface area contributed by atoms with Crippen molar-refractivity contribution < 1.29 is 114 Å². The molecule has 26 heteroatoms. The Morgan fingerprint density at radius 2 is 0.381 bits per heavy atom. The van der Waals surface area contributed by atoms with Crippen LogP contribution in [0.2, 0.25) is 0 Å². The third-order valence-corrected chi connectivity index (χ3v) is 5.81. The fourth-order valence-electron chi connectivity index (χ4n) is 2.76. The molecule has 0 nitrogen and oxygen atoms in total. The summed E-state index contributed by atoms with van der Waals surface area (Å²) in [4.78, 5) is 0. The van der Waals surface area contributed by atoms with E-state index in [-0.39, 0.29) is 0 Å². The molecule has 0 heterocycles. The summed E-state index contributed by atoms with van der Waals surface area (Å²) >= 11 is 0. The number of hydrogen-bond donors (Lipinski definition) is 0. The summed E-state index contributed by atoms with van der Waals surface area (Å²) in [6, 6.07) is 0. The SMILES string of the molecule is CC(C(C)C(F)(F)C(F)(F)C(F)(F)C(F)(F)C(F)(F)C(F)(F)F)C(F)(F)C(F)(F)C(F)(F)C(F)(F)C(F)(F)C(F)(F)F. The second-order valence-electron chi connectivity index (χ2n) is 8.41. The van der Waals surface area contributed by atoms with Gasteiger partial charge in [0.05, 0.1) is 0 Å². The Balaban J connectivity index is 7.03. The zero-order valence-electron chi connectivity index (χ0n) is 19.0. The van der Waals surface area contributed by atoms with Crippen molar-refractivity contribution in [2.45, 2.75) is 85.4 Å². The van der Waals surface area contributed by atoms with Crippen molar-refractivity contribution in [2.75, 3.05) is 0 Å². The van der Waals surface area contributed by atoms with Gasteiger partial charge in [0, 0.05) is 11.8 Å². The molecule has 0 radical (unpaired) electrons. The molecule has 254 valence electrons. The van der Waals surface area contributed by atoms with Crippen LogP contribution >= 0.6 is 0 Å². The first-order chi connectivity index (χ1) is 17.6. The number of halogens is 26. The zero-order valence-corrected chi connectivity index (χ0v) is 19.0. The molecule has 0 saturated heterocycles. The summed E-state index contributed by atoms with van der Waals surface area (Å²) in [5.41, 5.74) is 0. The first-order valence-electron chi connectivity index (χ1n) is 9.48. The Kier molecular flexibility index (Phi) is 9.41. The van der Waals surface area contributed by atoms with Gasteiger partial charge in [-0.2, -0.15) is 114 Å². The summed E-state index contributed by atoms with van der Waals surface area (Å²) in [7, 11) is 0. The van der Waals surface area contributed by atoms with E-state index in [4.69, 9.17) is 0 Å². The standard InChI is InChI=1S/C16H8F26/c1-3(5(17,18)7(21,22)9(25,26)11(29,30)13(33,34)15(37,38)39)4(2)6(19,20)8(23,24)10(27,28)12(31,32)14(35,36)16(40,41)42/h3-4H,1-2H3. The van der Waals surface area contributed by atoms with Gasteiger partial charge >= 0.3 is 71.6 Å². The normalized spacial score (nSPS) is 18.3. The minimum Gasteiger partial charge on any atom is -0.199 e. The molecule has 0 rings (SSSR count). The van der Waals surface area contributed by atoms with Crippen LogP contribution in [0.5, 0.6) is 0 Å². The Bertz CT molecular complexity index is 884. The maximum Gasteiger partial charge on any atom is 0.460 e. The summed E-state index contributed by atoms with van der Waals surface area (Å²) in [5, 5.41) is 0. The molecule has 0 bridgehead atoms. The fourth-order valence-corrected chi connectivity index (χ4v) is 2.76. The molecule has 0 fully saturated rings. The molecule has 0 spiro atoms. The lowest BCUT2D eigenvalue weighted by atomic mass is 9.76. The summed E-state index contributed by atoms with van der Waals surface area (Å²) in [6.45, 7) is -2.42. The first-order valence-corrected chi connectivity index (χ1v) is 9.48. The lowest BCUT2D eigenvalue weighted by Crippen LogP contribution is -2.73. The smallest absolute Gasteiger partial charge is 0.199 e. The molecule has 2 atom stereocenters. The van der Waals surface area contributed by atoms with Crippen LogP contribution in [0.1, 0.15) is 13.8 Å². The van der Waals surface area contributed by atoms with E-state index >= 15 is 0 Å². The van der Waals surface area contributed by atoms with Gasteiger partial charge in [-0.15, -0.1) is 0 Å². The second kappa shape index (κ2) is 9.84. The van der Waals surface area contributed by atoms with Gasteiger partial charge < -0.3 is 0 Å². The van der Waals surface area contributed by atoms with E-state index < -0.39 is 97.3 Å². The molecule has 0 aliphatic rings. The lowest BCUT2D eigenvalue weighted by molar-refractivity contribution is -0.451. The molecular formula is C16H8F26. The van der Waals surface area contributed by atoms with Crippen molar-refractivity contribution in [2.24, 2.45) is 11.8 Å². The largest absolute Gasteiger partial charge is 0.460 e. The highest BCUT2D eigenvalue weighted by Gasteiger charge is 2.93. The Labute approximate surface area is 213 Å². The molecule has 0 saturated carbocycles. The van der Waals surface area contributed by atoms with E-state index in [1.54, 1.807) is 0 Å². The highest BCUT2D eigenvalue weighted by Crippen LogP contribution is 2.65. The Morgan fingerprint density at radius 1 is 0.238 bits per heavy atom. The van der Waals surface area contributed by atoms with Crippen molar-refractivity contribution in [1.29, 1.82) is 0 Å². The van der Waals surface area contributed by atoms with Gasteiger partial charge in [-0.25, -0.2) is 0 Å². The van der Waals surface area contributed by atoms with Crippen molar-refractivity contribution >= 4 is 0 Å². The summed E-state index contributed by atoms with van der Waals surface area (Å²) in [5.74, 6) is -94.1. The lowest BCUT2D eigenvalue weighted by Gasteiger charge is -2.45. The van der Waals surface area contributed by atoms with Gasteiger partial charge in [0.1, 0.15) is 0 Å². The van der Waals surface area contributed by atoms with Gasteiger partial charge in [0.15, 0.2) is 0 Å². The minimum atomic E-state index is -8.72. The van der Waals surface area contributed by atoms with Gasteiger partial charge in [-0.3, -0.25) is 0 Å². The Morgan fingerprint density at radius 3 is 0.524 bits per heavy atom. The fraction of sp³-hybridized carbons (Fsp3) is 1.00. The highest BCUT2D eigenvalue weighted by atomic mass is 19.4. The maximum absolute atomic E-state index is 14.1. The van der Waals surface area contributed by atoms with Crippen LogP contribution in [-0.4, -0.2) is 71.6 Å². The van der Waals surface area contributed by atoms with Gasteiger partial charge in [0.25, 0.3) is 0 Å². The van der Waals surface area contributed by atoms with Crippen LogP contribution < -0.4 is 0 Å². The van der Waals surface area contributed by atoms with Crippen LogP contribution in [0.15, 0.2) is 0 Å². The minimum absolute atomic E-state index is 1.21. The average Bonchev–Trinajstić information content (AvgIpc) is 2.75. The summed E-state index contributed by atoms with van der Waals surface area (Å²) in [6.07, 6.45) is -15.9. The van der Waals surface area contributed by atoms with Crippen LogP contribution in [0.3, 0.4) is 0 Å². The van der Waals surface area contributed by atoms with E-state index in [1.807, 2.05) is 0 Å². The summed E-state index contributed by atoms with van der Waals surface area (Å²) < 4.78 is 342. The van der Waals surface area contributed by atoms with Gasteiger partial charge in [0.2, 0.25) is 0 Å².